The Morgan fingerprint density at radius 1 is 1.12 bits per heavy atom. The van der Waals surface area contributed by atoms with Crippen LogP contribution in [0.2, 0.25) is 0 Å². The fraction of sp³-hybridized carbons (Fsp3) is 0.550. The summed E-state index contributed by atoms with van der Waals surface area (Å²) >= 11 is 0. The van der Waals surface area contributed by atoms with Gasteiger partial charge in [0.1, 0.15) is 0 Å². The Balaban J connectivity index is 2.25. The van der Waals surface area contributed by atoms with Crippen LogP contribution in [0.5, 0.6) is 0 Å². The average Bonchev–Trinajstić information content (AvgIpc) is 2.80. The highest BCUT2D eigenvalue weighted by Gasteiger charge is 2.57. The molecule has 0 atom stereocenters. The minimum atomic E-state index is -3.88. The number of rotatable bonds is 4. The molecule has 2 amide bonds. The van der Waals surface area contributed by atoms with Crippen molar-refractivity contribution in [2.75, 3.05) is 6.54 Å². The van der Waals surface area contributed by atoms with Gasteiger partial charge in [-0.05, 0) is 37.3 Å². The zero-order valence-corrected chi connectivity index (χ0v) is 16.4. The molecule has 0 saturated heterocycles. The third kappa shape index (κ3) is 2.94. The summed E-state index contributed by atoms with van der Waals surface area (Å²) in [7, 11) is -3.88. The number of carbonyl (C=O) groups excluding carboxylic acids is 1. The van der Waals surface area contributed by atoms with Gasteiger partial charge in [-0.15, -0.1) is 0 Å². The molecule has 1 aromatic rings. The van der Waals surface area contributed by atoms with E-state index < -0.39 is 21.6 Å². The number of hydrogen-bond acceptors (Lipinski definition) is 3. The van der Waals surface area contributed by atoms with Crippen LogP contribution in [0.25, 0.3) is 4.91 Å². The molecule has 1 fully saturated rings. The molecular formula is C20H28N2O3S. The van der Waals surface area contributed by atoms with Crippen LogP contribution in [-0.2, 0) is 10.0 Å². The molecule has 6 heteroatoms. The topological polar surface area (TPSA) is 66.5 Å². The summed E-state index contributed by atoms with van der Waals surface area (Å²) in [5.74, 6) is 0. The summed E-state index contributed by atoms with van der Waals surface area (Å²) < 4.78 is 28.3. The molecule has 3 rings (SSSR count). The lowest BCUT2D eigenvalue weighted by molar-refractivity contribution is 0.165. The summed E-state index contributed by atoms with van der Waals surface area (Å²) in [5, 5.41) is 2.73. The summed E-state index contributed by atoms with van der Waals surface area (Å²) in [6, 6.07) is 8.76. The molecule has 1 saturated carbocycles. The van der Waals surface area contributed by atoms with E-state index in [2.05, 4.69) is 12.2 Å². The number of urea groups is 1. The van der Waals surface area contributed by atoms with Crippen LogP contribution in [-0.4, -0.2) is 30.8 Å². The second-order valence-electron chi connectivity index (χ2n) is 7.12. The molecular weight excluding hydrogens is 348 g/mol. The van der Waals surface area contributed by atoms with Gasteiger partial charge < -0.3 is 5.32 Å². The van der Waals surface area contributed by atoms with Crippen molar-refractivity contribution in [2.45, 2.75) is 64.3 Å². The third-order valence-corrected chi connectivity index (χ3v) is 7.45. The maximum absolute atomic E-state index is 13.6. The molecule has 0 radical (unpaired) electrons. The molecule has 5 nitrogen and oxygen atoms in total. The van der Waals surface area contributed by atoms with Gasteiger partial charge in [0.2, 0.25) is 0 Å². The first kappa shape index (κ1) is 19.0. The standard InChI is InChI=1S/C20H28N2O3S/c1-3-11-17-18(16-12-7-5-8-13-16)26(24,25)22(19(23)21-4-2)20(17)14-9-6-10-15-20/h5,7-8,12-13H,3-4,6,9-11,14-15H2,1-2H3,(H,21,23). The summed E-state index contributed by atoms with van der Waals surface area (Å²) in [6.45, 7) is 4.28. The summed E-state index contributed by atoms with van der Waals surface area (Å²) in [4.78, 5) is 13.2. The molecule has 0 unspecified atom stereocenters. The molecule has 1 spiro atoms. The number of nitrogens with zero attached hydrogens (tertiary/aromatic N) is 1. The van der Waals surface area contributed by atoms with E-state index in [1.807, 2.05) is 37.3 Å². The van der Waals surface area contributed by atoms with E-state index in [-0.39, 0.29) is 0 Å². The van der Waals surface area contributed by atoms with Crippen molar-refractivity contribution < 1.29 is 13.2 Å². The smallest absolute Gasteiger partial charge is 0.332 e. The highest BCUT2D eigenvalue weighted by Crippen LogP contribution is 2.53. The fourth-order valence-corrected chi connectivity index (χ4v) is 6.74. The largest absolute Gasteiger partial charge is 0.337 e. The van der Waals surface area contributed by atoms with E-state index in [4.69, 9.17) is 0 Å². The first-order chi connectivity index (χ1) is 12.5. The van der Waals surface area contributed by atoms with E-state index in [1.165, 1.54) is 4.31 Å². The first-order valence-electron chi connectivity index (χ1n) is 9.61. The fourth-order valence-electron chi connectivity index (χ4n) is 4.49. The van der Waals surface area contributed by atoms with Gasteiger partial charge in [-0.1, -0.05) is 62.9 Å². The maximum atomic E-state index is 13.6. The van der Waals surface area contributed by atoms with Crippen LogP contribution in [0, 0.1) is 0 Å². The molecule has 26 heavy (non-hydrogen) atoms. The van der Waals surface area contributed by atoms with E-state index >= 15 is 0 Å². The highest BCUT2D eigenvalue weighted by molar-refractivity contribution is 7.99. The zero-order valence-electron chi connectivity index (χ0n) is 15.6. The minimum Gasteiger partial charge on any atom is -0.337 e. The SMILES string of the molecule is CCCC1=C(c2ccccc2)S(=O)(=O)N(C(=O)NCC)C12CCCCC2. The van der Waals surface area contributed by atoms with Crippen molar-refractivity contribution in [2.24, 2.45) is 0 Å². The second-order valence-corrected chi connectivity index (χ2v) is 8.84. The lowest BCUT2D eigenvalue weighted by Crippen LogP contribution is -2.55. The zero-order chi connectivity index (χ0) is 18.8. The van der Waals surface area contributed by atoms with E-state index in [0.29, 0.717) is 23.4 Å². The Morgan fingerprint density at radius 2 is 1.77 bits per heavy atom. The number of carbonyl (C=O) groups is 1. The Hall–Kier alpha value is -1.82. The molecule has 1 heterocycles. The molecule has 0 bridgehead atoms. The van der Waals surface area contributed by atoms with Crippen molar-refractivity contribution in [3.05, 3.63) is 41.5 Å². The Labute approximate surface area is 156 Å². The van der Waals surface area contributed by atoms with Gasteiger partial charge in [-0.2, -0.15) is 0 Å². The number of sulfonamides is 1. The Kier molecular flexibility index (Phi) is 5.42. The van der Waals surface area contributed by atoms with Crippen LogP contribution in [0.15, 0.2) is 35.9 Å². The van der Waals surface area contributed by atoms with E-state index in [0.717, 1.165) is 44.1 Å². The predicted molar refractivity (Wildman–Crippen MR) is 104 cm³/mol. The number of hydrogen-bond donors (Lipinski definition) is 1. The Bertz CT molecular complexity index is 794. The van der Waals surface area contributed by atoms with Crippen LogP contribution < -0.4 is 5.32 Å². The maximum Gasteiger partial charge on any atom is 0.332 e. The van der Waals surface area contributed by atoms with Crippen molar-refractivity contribution in [1.82, 2.24) is 9.62 Å². The molecule has 1 aromatic carbocycles. The lowest BCUT2D eigenvalue weighted by Gasteiger charge is -2.42. The number of nitrogens with one attached hydrogen (secondary N) is 1. The minimum absolute atomic E-state index is 0.355. The van der Waals surface area contributed by atoms with Gasteiger partial charge in [-0.3, -0.25) is 0 Å². The molecule has 0 aromatic heterocycles. The van der Waals surface area contributed by atoms with Crippen LogP contribution in [0.1, 0.15) is 64.4 Å². The molecule has 2 aliphatic rings. The highest BCUT2D eigenvalue weighted by atomic mass is 32.2. The quantitative estimate of drug-likeness (QED) is 0.853. The van der Waals surface area contributed by atoms with Gasteiger partial charge in [0.05, 0.1) is 10.4 Å². The van der Waals surface area contributed by atoms with Crippen molar-refractivity contribution >= 4 is 21.0 Å². The van der Waals surface area contributed by atoms with Gasteiger partial charge in [-0.25, -0.2) is 17.5 Å². The van der Waals surface area contributed by atoms with Gasteiger partial charge in [0.15, 0.2) is 0 Å². The van der Waals surface area contributed by atoms with Crippen LogP contribution in [0.4, 0.5) is 4.79 Å². The van der Waals surface area contributed by atoms with Crippen molar-refractivity contribution in [3.8, 4) is 0 Å². The number of amides is 2. The molecule has 1 aliphatic carbocycles. The van der Waals surface area contributed by atoms with Gasteiger partial charge in [0, 0.05) is 6.54 Å². The number of benzene rings is 1. The van der Waals surface area contributed by atoms with Crippen molar-refractivity contribution in [3.63, 3.8) is 0 Å². The molecule has 1 N–H and O–H groups in total. The third-order valence-electron chi connectivity index (χ3n) is 5.45. The molecule has 1 aliphatic heterocycles. The van der Waals surface area contributed by atoms with Gasteiger partial charge >= 0.3 is 6.03 Å². The monoisotopic (exact) mass is 376 g/mol. The first-order valence-corrected chi connectivity index (χ1v) is 11.1. The summed E-state index contributed by atoms with van der Waals surface area (Å²) in [5.41, 5.74) is 0.919. The normalized spacial score (nSPS) is 21.2. The molecule has 142 valence electrons. The van der Waals surface area contributed by atoms with Crippen LogP contribution >= 0.6 is 0 Å². The predicted octanol–water partition coefficient (Wildman–Crippen LogP) is 4.28. The van der Waals surface area contributed by atoms with Crippen LogP contribution in [0.3, 0.4) is 0 Å². The van der Waals surface area contributed by atoms with Gasteiger partial charge in [0.25, 0.3) is 10.0 Å². The summed E-state index contributed by atoms with van der Waals surface area (Å²) in [6.07, 6.45) is 5.96. The van der Waals surface area contributed by atoms with Crippen molar-refractivity contribution in [1.29, 1.82) is 0 Å². The van der Waals surface area contributed by atoms with E-state index in [1.54, 1.807) is 0 Å². The Morgan fingerprint density at radius 3 is 2.35 bits per heavy atom. The average molecular weight is 377 g/mol. The van der Waals surface area contributed by atoms with E-state index in [9.17, 15) is 13.2 Å². The second kappa shape index (κ2) is 7.43. The lowest BCUT2D eigenvalue weighted by atomic mass is 9.74.